The van der Waals surface area contributed by atoms with E-state index in [1.54, 1.807) is 0 Å². The quantitative estimate of drug-likeness (QED) is 0.619. The molecule has 1 rings (SSSR count). The molecule has 0 heterocycles. The molecule has 2 nitrogen and oxygen atoms in total. The zero-order valence-corrected chi connectivity index (χ0v) is 7.21. The lowest BCUT2D eigenvalue weighted by molar-refractivity contribution is -0.00182. The molecule has 0 aromatic carbocycles. The summed E-state index contributed by atoms with van der Waals surface area (Å²) in [5.41, 5.74) is 0. The maximum atomic E-state index is 8.50. The second kappa shape index (κ2) is 3.73. The Bertz CT molecular complexity index is 155. The number of hydrogen-bond donors (Lipinski definition) is 0. The average molecular weight is 153 g/mol. The van der Waals surface area contributed by atoms with Gasteiger partial charge in [0.05, 0.1) is 24.7 Å². The number of nitrogens with zero attached hydrogens (tertiary/aromatic N) is 1. The lowest BCUT2D eigenvalue weighted by Crippen LogP contribution is -2.19. The Hall–Kier alpha value is -0.550. The fourth-order valence-corrected chi connectivity index (χ4v) is 1.23. The van der Waals surface area contributed by atoms with Crippen LogP contribution in [0.5, 0.6) is 0 Å². The number of ether oxygens (including phenoxy) is 1. The Morgan fingerprint density at radius 1 is 1.55 bits per heavy atom. The average Bonchev–Trinajstić information content (AvgIpc) is 2.66. The van der Waals surface area contributed by atoms with Gasteiger partial charge < -0.3 is 4.74 Å². The normalized spacial score (nSPS) is 19.8. The summed E-state index contributed by atoms with van der Waals surface area (Å²) in [7, 11) is 0. The van der Waals surface area contributed by atoms with Crippen LogP contribution in [0, 0.1) is 17.2 Å². The summed E-state index contributed by atoms with van der Waals surface area (Å²) >= 11 is 0. The van der Waals surface area contributed by atoms with Crippen LogP contribution in [0.1, 0.15) is 33.1 Å². The molecule has 2 heteroatoms. The van der Waals surface area contributed by atoms with E-state index < -0.39 is 0 Å². The summed E-state index contributed by atoms with van der Waals surface area (Å²) in [5.74, 6) is 0.678. The van der Waals surface area contributed by atoms with Crippen LogP contribution in [0.3, 0.4) is 0 Å². The lowest BCUT2D eigenvalue weighted by atomic mass is 10.2. The largest absolute Gasteiger partial charge is 0.374 e. The molecule has 0 aromatic rings. The van der Waals surface area contributed by atoms with Crippen molar-refractivity contribution in [1.82, 2.24) is 0 Å². The van der Waals surface area contributed by atoms with Crippen molar-refractivity contribution in [2.24, 2.45) is 5.92 Å². The molecule has 1 atom stereocenters. The van der Waals surface area contributed by atoms with E-state index in [1.807, 2.05) is 13.8 Å². The standard InChI is InChI=1S/C9H15NO/c1-7(2)11-9(5-6-10)8-3-4-8/h7-9H,3-5H2,1-2H3. The molecule has 0 bridgehead atoms. The van der Waals surface area contributed by atoms with Gasteiger partial charge in [-0.15, -0.1) is 0 Å². The van der Waals surface area contributed by atoms with Gasteiger partial charge in [0.1, 0.15) is 0 Å². The van der Waals surface area contributed by atoms with E-state index in [2.05, 4.69) is 6.07 Å². The van der Waals surface area contributed by atoms with Crippen LogP contribution < -0.4 is 0 Å². The van der Waals surface area contributed by atoms with Crippen molar-refractivity contribution in [1.29, 1.82) is 5.26 Å². The van der Waals surface area contributed by atoms with Gasteiger partial charge in [-0.2, -0.15) is 5.26 Å². The second-order valence-electron chi connectivity index (χ2n) is 3.42. The first-order valence-corrected chi connectivity index (χ1v) is 4.26. The van der Waals surface area contributed by atoms with Gasteiger partial charge in [-0.25, -0.2) is 0 Å². The van der Waals surface area contributed by atoms with Gasteiger partial charge in [0.25, 0.3) is 0 Å². The molecule has 0 spiro atoms. The van der Waals surface area contributed by atoms with Gasteiger partial charge in [0.2, 0.25) is 0 Å². The van der Waals surface area contributed by atoms with Crippen LogP contribution in [0.25, 0.3) is 0 Å². The molecular formula is C9H15NO. The molecule has 1 fully saturated rings. The molecule has 0 aliphatic heterocycles. The fourth-order valence-electron chi connectivity index (χ4n) is 1.23. The van der Waals surface area contributed by atoms with Gasteiger partial charge in [0, 0.05) is 0 Å². The predicted molar refractivity (Wildman–Crippen MR) is 43.0 cm³/mol. The number of nitriles is 1. The van der Waals surface area contributed by atoms with Crippen LogP contribution in [0.15, 0.2) is 0 Å². The highest BCUT2D eigenvalue weighted by Crippen LogP contribution is 2.36. The molecule has 1 saturated carbocycles. The summed E-state index contributed by atoms with van der Waals surface area (Å²) in [6.45, 7) is 4.04. The molecule has 1 aliphatic rings. The Balaban J connectivity index is 2.27. The summed E-state index contributed by atoms with van der Waals surface area (Å²) in [6, 6.07) is 2.17. The van der Waals surface area contributed by atoms with Gasteiger partial charge in [-0.1, -0.05) is 0 Å². The topological polar surface area (TPSA) is 33.0 Å². The Kier molecular flexibility index (Phi) is 2.90. The molecule has 62 valence electrons. The highest BCUT2D eigenvalue weighted by molar-refractivity contribution is 4.88. The minimum Gasteiger partial charge on any atom is -0.374 e. The Morgan fingerprint density at radius 2 is 2.18 bits per heavy atom. The first-order chi connectivity index (χ1) is 5.24. The van der Waals surface area contributed by atoms with Gasteiger partial charge >= 0.3 is 0 Å². The Morgan fingerprint density at radius 3 is 2.55 bits per heavy atom. The van der Waals surface area contributed by atoms with Crippen molar-refractivity contribution in [2.45, 2.75) is 45.3 Å². The van der Waals surface area contributed by atoms with E-state index in [9.17, 15) is 0 Å². The predicted octanol–water partition coefficient (Wildman–Crippen LogP) is 2.10. The first-order valence-electron chi connectivity index (χ1n) is 4.26. The molecule has 1 aliphatic carbocycles. The van der Waals surface area contributed by atoms with Gasteiger partial charge in [-0.05, 0) is 32.6 Å². The van der Waals surface area contributed by atoms with Crippen molar-refractivity contribution < 1.29 is 4.74 Å². The number of rotatable bonds is 4. The van der Waals surface area contributed by atoms with E-state index in [0.717, 1.165) is 0 Å². The molecule has 0 N–H and O–H groups in total. The van der Waals surface area contributed by atoms with Gasteiger partial charge in [0.15, 0.2) is 0 Å². The zero-order valence-electron chi connectivity index (χ0n) is 7.21. The SMILES string of the molecule is CC(C)OC(CC#N)C1CC1. The van der Waals surface area contributed by atoms with Gasteiger partial charge in [-0.3, -0.25) is 0 Å². The Labute approximate surface area is 68.2 Å². The molecule has 11 heavy (non-hydrogen) atoms. The van der Waals surface area contributed by atoms with E-state index >= 15 is 0 Å². The molecule has 1 unspecified atom stereocenters. The minimum absolute atomic E-state index is 0.208. The summed E-state index contributed by atoms with van der Waals surface area (Å²) in [6.07, 6.45) is 3.52. The van der Waals surface area contributed by atoms with Crippen molar-refractivity contribution in [3.8, 4) is 6.07 Å². The van der Waals surface area contributed by atoms with Crippen molar-refractivity contribution >= 4 is 0 Å². The molecule has 0 radical (unpaired) electrons. The summed E-state index contributed by atoms with van der Waals surface area (Å²) < 4.78 is 5.59. The van der Waals surface area contributed by atoms with Crippen LogP contribution in [0.2, 0.25) is 0 Å². The molecular weight excluding hydrogens is 138 g/mol. The van der Waals surface area contributed by atoms with Crippen molar-refractivity contribution in [3.63, 3.8) is 0 Å². The highest BCUT2D eigenvalue weighted by atomic mass is 16.5. The zero-order chi connectivity index (χ0) is 8.27. The summed E-state index contributed by atoms with van der Waals surface area (Å²) in [5, 5.41) is 8.50. The second-order valence-corrected chi connectivity index (χ2v) is 3.42. The molecule has 0 amide bonds. The van der Waals surface area contributed by atoms with Crippen LogP contribution >= 0.6 is 0 Å². The third-order valence-corrected chi connectivity index (χ3v) is 1.89. The highest BCUT2D eigenvalue weighted by Gasteiger charge is 2.32. The molecule has 0 aromatic heterocycles. The van der Waals surface area contributed by atoms with Crippen LogP contribution in [-0.4, -0.2) is 12.2 Å². The fraction of sp³-hybridized carbons (Fsp3) is 0.889. The number of hydrogen-bond acceptors (Lipinski definition) is 2. The summed E-state index contributed by atoms with van der Waals surface area (Å²) in [4.78, 5) is 0. The van der Waals surface area contributed by atoms with Crippen LogP contribution in [-0.2, 0) is 4.74 Å². The third kappa shape index (κ3) is 2.90. The molecule has 0 saturated heterocycles. The van der Waals surface area contributed by atoms with E-state index in [0.29, 0.717) is 12.3 Å². The van der Waals surface area contributed by atoms with Crippen molar-refractivity contribution in [2.75, 3.05) is 0 Å². The van der Waals surface area contributed by atoms with E-state index in [1.165, 1.54) is 12.8 Å². The lowest BCUT2D eigenvalue weighted by Gasteiger charge is -2.16. The minimum atomic E-state index is 0.208. The van der Waals surface area contributed by atoms with Crippen molar-refractivity contribution in [3.05, 3.63) is 0 Å². The maximum absolute atomic E-state index is 8.50. The third-order valence-electron chi connectivity index (χ3n) is 1.89. The smallest absolute Gasteiger partial charge is 0.0736 e. The first kappa shape index (κ1) is 8.55. The van der Waals surface area contributed by atoms with Crippen LogP contribution in [0.4, 0.5) is 0 Å². The van der Waals surface area contributed by atoms with E-state index in [4.69, 9.17) is 10.00 Å². The van der Waals surface area contributed by atoms with E-state index in [-0.39, 0.29) is 12.2 Å². The maximum Gasteiger partial charge on any atom is 0.0736 e. The monoisotopic (exact) mass is 153 g/mol.